The van der Waals surface area contributed by atoms with Gasteiger partial charge in [0.15, 0.2) is 0 Å². The number of rotatable bonds is 2. The average Bonchev–Trinajstić information content (AvgIpc) is 2.62. The molecule has 110 valence electrons. The third-order valence-corrected chi connectivity index (χ3v) is 4.38. The molecule has 0 nitrogen and oxygen atoms in total. The van der Waals surface area contributed by atoms with E-state index < -0.39 is 0 Å². The predicted molar refractivity (Wildman–Crippen MR) is 99.8 cm³/mol. The van der Waals surface area contributed by atoms with Crippen molar-refractivity contribution in [3.05, 3.63) is 96.0 Å². The molecule has 4 aromatic carbocycles. The van der Waals surface area contributed by atoms with Crippen LogP contribution in [0, 0.1) is 0 Å². The van der Waals surface area contributed by atoms with Crippen LogP contribution in [0.1, 0.15) is 0 Å². The second-order valence-electron chi connectivity index (χ2n) is 5.62. The van der Waals surface area contributed by atoms with E-state index in [1.807, 2.05) is 18.2 Å². The van der Waals surface area contributed by atoms with Crippen molar-refractivity contribution in [1.82, 2.24) is 0 Å². The summed E-state index contributed by atoms with van der Waals surface area (Å²) in [5.41, 5.74) is 4.88. The van der Waals surface area contributed by atoms with Gasteiger partial charge in [-0.25, -0.2) is 0 Å². The molecule has 0 spiro atoms. The van der Waals surface area contributed by atoms with Crippen LogP contribution >= 0.6 is 11.6 Å². The van der Waals surface area contributed by atoms with Gasteiger partial charge >= 0.3 is 0 Å². The zero-order chi connectivity index (χ0) is 15.6. The summed E-state index contributed by atoms with van der Waals surface area (Å²) in [5, 5.41) is 3.27. The Kier molecular flexibility index (Phi) is 3.61. The number of benzene rings is 4. The van der Waals surface area contributed by atoms with Crippen molar-refractivity contribution in [2.45, 2.75) is 0 Å². The molecule has 0 saturated carbocycles. The van der Waals surface area contributed by atoms with Crippen molar-refractivity contribution in [1.29, 1.82) is 0 Å². The lowest BCUT2D eigenvalue weighted by molar-refractivity contribution is 1.61. The number of hydrogen-bond donors (Lipinski definition) is 0. The van der Waals surface area contributed by atoms with Crippen molar-refractivity contribution in [3.8, 4) is 22.3 Å². The van der Waals surface area contributed by atoms with E-state index in [0.717, 1.165) is 5.02 Å². The van der Waals surface area contributed by atoms with Crippen LogP contribution in [-0.4, -0.2) is 0 Å². The van der Waals surface area contributed by atoms with E-state index in [9.17, 15) is 0 Å². The van der Waals surface area contributed by atoms with Gasteiger partial charge in [0.25, 0.3) is 0 Å². The summed E-state index contributed by atoms with van der Waals surface area (Å²) < 4.78 is 0. The van der Waals surface area contributed by atoms with Crippen molar-refractivity contribution < 1.29 is 0 Å². The number of fused-ring (bicyclic) bond motifs is 1. The lowest BCUT2D eigenvalue weighted by atomic mass is 9.93. The second kappa shape index (κ2) is 5.91. The Morgan fingerprint density at radius 3 is 2.00 bits per heavy atom. The number of hydrogen-bond acceptors (Lipinski definition) is 0. The molecule has 0 aliphatic heterocycles. The fourth-order valence-electron chi connectivity index (χ4n) is 2.98. The normalized spacial score (nSPS) is 10.8. The molecule has 4 rings (SSSR count). The third kappa shape index (κ3) is 2.74. The van der Waals surface area contributed by atoms with Crippen LogP contribution in [0.25, 0.3) is 33.0 Å². The smallest absolute Gasteiger partial charge is 0.0406 e. The molecule has 0 N–H and O–H groups in total. The van der Waals surface area contributed by atoms with Gasteiger partial charge in [0.05, 0.1) is 0 Å². The van der Waals surface area contributed by atoms with Gasteiger partial charge in [0.2, 0.25) is 0 Å². The maximum atomic E-state index is 6.04. The fourth-order valence-corrected chi connectivity index (χ4v) is 3.10. The minimum absolute atomic E-state index is 0.761. The van der Waals surface area contributed by atoms with Gasteiger partial charge in [-0.05, 0) is 57.3 Å². The van der Waals surface area contributed by atoms with Crippen molar-refractivity contribution in [3.63, 3.8) is 0 Å². The molecular formula is C22H15Cl. The molecule has 0 aromatic heterocycles. The van der Waals surface area contributed by atoms with E-state index in [1.54, 1.807) is 0 Å². The van der Waals surface area contributed by atoms with Crippen LogP contribution in [0.2, 0.25) is 5.02 Å². The highest BCUT2D eigenvalue weighted by Gasteiger charge is 2.07. The average molecular weight is 315 g/mol. The summed E-state index contributed by atoms with van der Waals surface area (Å²) in [6.45, 7) is 0. The van der Waals surface area contributed by atoms with Gasteiger partial charge < -0.3 is 0 Å². The molecule has 0 amide bonds. The molecule has 0 unspecified atom stereocenters. The van der Waals surface area contributed by atoms with Crippen LogP contribution in [-0.2, 0) is 0 Å². The molecule has 0 aliphatic rings. The highest BCUT2D eigenvalue weighted by Crippen LogP contribution is 2.34. The summed E-state index contributed by atoms with van der Waals surface area (Å²) in [7, 11) is 0. The quantitative estimate of drug-likeness (QED) is 0.380. The molecular weight excluding hydrogens is 300 g/mol. The number of halogens is 1. The Hall–Kier alpha value is -2.57. The molecule has 23 heavy (non-hydrogen) atoms. The molecule has 0 radical (unpaired) electrons. The third-order valence-electron chi connectivity index (χ3n) is 4.12. The van der Waals surface area contributed by atoms with Crippen LogP contribution in [0.5, 0.6) is 0 Å². The summed E-state index contributed by atoms with van der Waals surface area (Å²) in [6.07, 6.45) is 0. The molecule has 0 atom stereocenters. The Balaban J connectivity index is 2.00. The van der Waals surface area contributed by atoms with Crippen molar-refractivity contribution in [2.24, 2.45) is 0 Å². The Bertz CT molecular complexity index is 954. The lowest BCUT2D eigenvalue weighted by Gasteiger charge is -2.11. The van der Waals surface area contributed by atoms with Gasteiger partial charge in [-0.2, -0.15) is 0 Å². The Morgan fingerprint density at radius 2 is 1.22 bits per heavy atom. The largest absolute Gasteiger partial charge is 0.0843 e. The molecule has 0 heterocycles. The summed E-state index contributed by atoms with van der Waals surface area (Å²) >= 11 is 6.04. The maximum Gasteiger partial charge on any atom is 0.0406 e. The highest BCUT2D eigenvalue weighted by atomic mass is 35.5. The first kappa shape index (κ1) is 14.0. The van der Waals surface area contributed by atoms with Crippen LogP contribution < -0.4 is 0 Å². The second-order valence-corrected chi connectivity index (χ2v) is 6.05. The zero-order valence-electron chi connectivity index (χ0n) is 12.5. The summed E-state index contributed by atoms with van der Waals surface area (Å²) in [4.78, 5) is 0. The zero-order valence-corrected chi connectivity index (χ0v) is 13.3. The van der Waals surface area contributed by atoms with Gasteiger partial charge in [-0.15, -0.1) is 0 Å². The van der Waals surface area contributed by atoms with E-state index in [0.29, 0.717) is 0 Å². The Labute approximate surface area is 141 Å². The maximum absolute atomic E-state index is 6.04. The minimum Gasteiger partial charge on any atom is -0.0843 e. The first-order chi connectivity index (χ1) is 11.3. The van der Waals surface area contributed by atoms with Crippen LogP contribution in [0.15, 0.2) is 91.0 Å². The van der Waals surface area contributed by atoms with E-state index in [2.05, 4.69) is 72.8 Å². The Morgan fingerprint density at radius 1 is 0.522 bits per heavy atom. The van der Waals surface area contributed by atoms with Crippen molar-refractivity contribution in [2.75, 3.05) is 0 Å². The van der Waals surface area contributed by atoms with Gasteiger partial charge in [0.1, 0.15) is 0 Å². The minimum atomic E-state index is 0.761. The predicted octanol–water partition coefficient (Wildman–Crippen LogP) is 6.83. The van der Waals surface area contributed by atoms with Crippen LogP contribution in [0.3, 0.4) is 0 Å². The van der Waals surface area contributed by atoms with E-state index >= 15 is 0 Å². The summed E-state index contributed by atoms with van der Waals surface area (Å²) in [5.74, 6) is 0. The van der Waals surface area contributed by atoms with E-state index in [-0.39, 0.29) is 0 Å². The van der Waals surface area contributed by atoms with E-state index in [4.69, 9.17) is 11.6 Å². The highest BCUT2D eigenvalue weighted by molar-refractivity contribution is 6.30. The van der Waals surface area contributed by atoms with E-state index in [1.165, 1.54) is 33.0 Å². The lowest BCUT2D eigenvalue weighted by Crippen LogP contribution is -1.85. The molecule has 0 saturated heterocycles. The SMILES string of the molecule is Clc1ccc(-c2cc(-c3ccccc3)cc3ccccc23)cc1. The molecule has 0 bridgehead atoms. The first-order valence-electron chi connectivity index (χ1n) is 7.65. The van der Waals surface area contributed by atoms with Gasteiger partial charge in [0, 0.05) is 5.02 Å². The topological polar surface area (TPSA) is 0 Å². The standard InChI is InChI=1S/C22H15Cl/c23-20-12-10-17(11-13-20)22-15-19(16-6-2-1-3-7-16)14-18-8-4-5-9-21(18)22/h1-15H. The fraction of sp³-hybridized carbons (Fsp3) is 0. The monoisotopic (exact) mass is 314 g/mol. The summed E-state index contributed by atoms with van der Waals surface area (Å²) in [6, 6.07) is 31.6. The first-order valence-corrected chi connectivity index (χ1v) is 8.03. The molecule has 1 heteroatoms. The molecule has 0 fully saturated rings. The molecule has 4 aromatic rings. The van der Waals surface area contributed by atoms with Crippen molar-refractivity contribution >= 4 is 22.4 Å². The van der Waals surface area contributed by atoms with Gasteiger partial charge in [-0.1, -0.05) is 78.3 Å². The molecule has 0 aliphatic carbocycles. The van der Waals surface area contributed by atoms with Crippen LogP contribution in [0.4, 0.5) is 0 Å². The van der Waals surface area contributed by atoms with Gasteiger partial charge in [-0.3, -0.25) is 0 Å².